The van der Waals surface area contributed by atoms with Crippen LogP contribution >= 0.6 is 11.6 Å². The normalized spacial score (nSPS) is 16.6. The number of aryl methyl sites for hydroxylation is 1. The average molecular weight is 304 g/mol. The third-order valence-corrected chi connectivity index (χ3v) is 4.36. The molecule has 0 saturated heterocycles. The molecule has 0 spiro atoms. The molecule has 0 fully saturated rings. The number of hydrogen-bond donors (Lipinski definition) is 0. The van der Waals surface area contributed by atoms with E-state index in [1.165, 1.54) is 29.3 Å². The zero-order chi connectivity index (χ0) is 15.0. The molecule has 1 unspecified atom stereocenters. The van der Waals surface area contributed by atoms with Crippen LogP contribution in [-0.4, -0.2) is 17.9 Å². The van der Waals surface area contributed by atoms with Gasteiger partial charge in [0.1, 0.15) is 5.82 Å². The van der Waals surface area contributed by atoms with Crippen molar-refractivity contribution >= 4 is 17.5 Å². The van der Waals surface area contributed by atoms with Crippen LogP contribution in [0.1, 0.15) is 33.9 Å². The van der Waals surface area contributed by atoms with Gasteiger partial charge in [0, 0.05) is 7.05 Å². The van der Waals surface area contributed by atoms with Gasteiger partial charge in [-0.05, 0) is 42.2 Å². The van der Waals surface area contributed by atoms with Crippen molar-refractivity contribution in [2.45, 2.75) is 18.9 Å². The number of carbonyl (C=O) groups excluding carboxylic acids is 1. The van der Waals surface area contributed by atoms with E-state index in [9.17, 15) is 9.18 Å². The molecule has 0 saturated carbocycles. The lowest BCUT2D eigenvalue weighted by molar-refractivity contribution is 0.0730. The predicted octanol–water partition coefficient (Wildman–Crippen LogP) is 4.24. The van der Waals surface area contributed by atoms with E-state index in [-0.39, 0.29) is 17.0 Å². The first-order valence-corrected chi connectivity index (χ1v) is 7.25. The van der Waals surface area contributed by atoms with Crippen molar-refractivity contribution in [3.8, 4) is 0 Å². The lowest BCUT2D eigenvalue weighted by atomic mass is 10.1. The number of halogens is 2. The molecular weight excluding hydrogens is 289 g/mol. The number of benzene rings is 2. The highest BCUT2D eigenvalue weighted by Gasteiger charge is 2.29. The van der Waals surface area contributed by atoms with Gasteiger partial charge in [-0.3, -0.25) is 4.79 Å². The van der Waals surface area contributed by atoms with Gasteiger partial charge in [0.15, 0.2) is 0 Å². The smallest absolute Gasteiger partial charge is 0.255 e. The Labute approximate surface area is 128 Å². The molecule has 2 aromatic carbocycles. The summed E-state index contributed by atoms with van der Waals surface area (Å²) in [6.07, 6.45) is 1.87. The largest absolute Gasteiger partial charge is 0.335 e. The van der Waals surface area contributed by atoms with Gasteiger partial charge in [0.05, 0.1) is 16.6 Å². The first-order chi connectivity index (χ1) is 10.1. The van der Waals surface area contributed by atoms with Crippen LogP contribution in [0.25, 0.3) is 0 Å². The Balaban J connectivity index is 1.89. The topological polar surface area (TPSA) is 20.3 Å². The minimum Gasteiger partial charge on any atom is -0.335 e. The maximum absolute atomic E-state index is 13.1. The molecule has 1 aliphatic carbocycles. The number of rotatable bonds is 2. The second-order valence-electron chi connectivity index (χ2n) is 5.29. The van der Waals surface area contributed by atoms with Crippen molar-refractivity contribution in [2.75, 3.05) is 7.05 Å². The Morgan fingerprint density at radius 1 is 1.29 bits per heavy atom. The molecule has 1 aliphatic rings. The molecule has 108 valence electrons. The van der Waals surface area contributed by atoms with Crippen LogP contribution in [0.2, 0.25) is 5.02 Å². The number of amides is 1. The maximum atomic E-state index is 13.1. The van der Waals surface area contributed by atoms with Crippen LogP contribution in [0.15, 0.2) is 42.5 Å². The molecule has 1 atom stereocenters. The Kier molecular flexibility index (Phi) is 3.68. The minimum absolute atomic E-state index is 0.0508. The van der Waals surface area contributed by atoms with Crippen molar-refractivity contribution in [3.63, 3.8) is 0 Å². The molecule has 2 aromatic rings. The molecule has 0 aromatic heterocycles. The van der Waals surface area contributed by atoms with Gasteiger partial charge in [-0.25, -0.2) is 4.39 Å². The van der Waals surface area contributed by atoms with Crippen LogP contribution in [0.5, 0.6) is 0 Å². The van der Waals surface area contributed by atoms with E-state index < -0.39 is 5.82 Å². The van der Waals surface area contributed by atoms with Crippen LogP contribution in [-0.2, 0) is 6.42 Å². The van der Waals surface area contributed by atoms with E-state index in [1.807, 2.05) is 12.1 Å². The summed E-state index contributed by atoms with van der Waals surface area (Å²) in [6.45, 7) is 0. The maximum Gasteiger partial charge on any atom is 0.255 e. The zero-order valence-electron chi connectivity index (χ0n) is 11.6. The summed E-state index contributed by atoms with van der Waals surface area (Å²) in [5.41, 5.74) is 2.81. The second kappa shape index (κ2) is 5.49. The third-order valence-electron chi connectivity index (χ3n) is 4.05. The van der Waals surface area contributed by atoms with Crippen LogP contribution in [0.4, 0.5) is 4.39 Å². The van der Waals surface area contributed by atoms with Crippen molar-refractivity contribution in [3.05, 3.63) is 70.0 Å². The molecule has 0 radical (unpaired) electrons. The fourth-order valence-corrected chi connectivity index (χ4v) is 3.18. The second-order valence-corrected chi connectivity index (χ2v) is 5.70. The first kappa shape index (κ1) is 14.1. The van der Waals surface area contributed by atoms with Gasteiger partial charge >= 0.3 is 0 Å². The molecular formula is C17H15ClFNO. The number of carbonyl (C=O) groups is 1. The lowest BCUT2D eigenvalue weighted by Gasteiger charge is -2.26. The summed E-state index contributed by atoms with van der Waals surface area (Å²) < 4.78 is 13.1. The van der Waals surface area contributed by atoms with Crippen molar-refractivity contribution in [2.24, 2.45) is 0 Å². The van der Waals surface area contributed by atoms with Crippen LogP contribution < -0.4 is 0 Å². The number of fused-ring (bicyclic) bond motifs is 1. The summed E-state index contributed by atoms with van der Waals surface area (Å²) in [5, 5.41) is 0.151. The highest BCUT2D eigenvalue weighted by Crippen LogP contribution is 2.36. The SMILES string of the molecule is CN(C(=O)c1ccc(F)cc1Cl)C1CCc2ccccc21. The predicted molar refractivity (Wildman–Crippen MR) is 81.0 cm³/mol. The molecule has 0 N–H and O–H groups in total. The standard InChI is InChI=1S/C17H15ClFNO/c1-20(16-9-6-11-4-2-3-5-13(11)16)17(21)14-8-7-12(19)10-15(14)18/h2-5,7-8,10,16H,6,9H2,1H3. The Bertz CT molecular complexity index is 701. The molecule has 0 aliphatic heterocycles. The van der Waals surface area contributed by atoms with Gasteiger partial charge in [0.2, 0.25) is 0 Å². The highest BCUT2D eigenvalue weighted by molar-refractivity contribution is 6.33. The van der Waals surface area contributed by atoms with E-state index in [0.29, 0.717) is 5.56 Å². The first-order valence-electron chi connectivity index (χ1n) is 6.88. The fourth-order valence-electron chi connectivity index (χ4n) is 2.93. The zero-order valence-corrected chi connectivity index (χ0v) is 12.4. The van der Waals surface area contributed by atoms with E-state index in [2.05, 4.69) is 12.1 Å². The monoisotopic (exact) mass is 303 g/mol. The number of hydrogen-bond acceptors (Lipinski definition) is 1. The van der Waals surface area contributed by atoms with E-state index in [0.717, 1.165) is 12.8 Å². The summed E-state index contributed by atoms with van der Waals surface area (Å²) in [7, 11) is 1.77. The van der Waals surface area contributed by atoms with Crippen molar-refractivity contribution < 1.29 is 9.18 Å². The van der Waals surface area contributed by atoms with E-state index in [1.54, 1.807) is 11.9 Å². The van der Waals surface area contributed by atoms with Gasteiger partial charge in [-0.15, -0.1) is 0 Å². The highest BCUT2D eigenvalue weighted by atomic mass is 35.5. The van der Waals surface area contributed by atoms with Crippen molar-refractivity contribution in [1.82, 2.24) is 4.90 Å². The number of nitrogens with zero attached hydrogens (tertiary/aromatic N) is 1. The van der Waals surface area contributed by atoms with Gasteiger partial charge < -0.3 is 4.90 Å². The molecule has 21 heavy (non-hydrogen) atoms. The average Bonchev–Trinajstić information content (AvgIpc) is 2.90. The Morgan fingerprint density at radius 3 is 2.81 bits per heavy atom. The molecule has 0 bridgehead atoms. The quantitative estimate of drug-likeness (QED) is 0.812. The molecule has 0 heterocycles. The van der Waals surface area contributed by atoms with Gasteiger partial charge in [-0.2, -0.15) is 0 Å². The third kappa shape index (κ3) is 2.54. The summed E-state index contributed by atoms with van der Waals surface area (Å²) in [6, 6.07) is 12.1. The molecule has 3 rings (SSSR count). The lowest BCUT2D eigenvalue weighted by Crippen LogP contribution is -2.30. The molecule has 2 nitrogen and oxygen atoms in total. The van der Waals surface area contributed by atoms with Gasteiger partial charge in [0.25, 0.3) is 5.91 Å². The van der Waals surface area contributed by atoms with E-state index in [4.69, 9.17) is 11.6 Å². The molecule has 4 heteroatoms. The van der Waals surface area contributed by atoms with E-state index >= 15 is 0 Å². The van der Waals surface area contributed by atoms with Crippen molar-refractivity contribution in [1.29, 1.82) is 0 Å². The summed E-state index contributed by atoms with van der Waals surface area (Å²) >= 11 is 5.99. The molecule has 1 amide bonds. The summed E-state index contributed by atoms with van der Waals surface area (Å²) in [5.74, 6) is -0.618. The van der Waals surface area contributed by atoms with Gasteiger partial charge in [-0.1, -0.05) is 35.9 Å². The minimum atomic E-state index is -0.439. The van der Waals surface area contributed by atoms with Crippen LogP contribution in [0.3, 0.4) is 0 Å². The van der Waals surface area contributed by atoms with Crippen LogP contribution in [0, 0.1) is 5.82 Å². The summed E-state index contributed by atoms with van der Waals surface area (Å²) in [4.78, 5) is 14.3. The Hall–Kier alpha value is -1.87. The fraction of sp³-hybridized carbons (Fsp3) is 0.235. The Morgan fingerprint density at radius 2 is 2.05 bits per heavy atom.